The van der Waals surface area contributed by atoms with Crippen LogP contribution in [0.25, 0.3) is 22.0 Å². The normalized spacial score (nSPS) is 12.5. The third-order valence-electron chi connectivity index (χ3n) is 5.38. The predicted molar refractivity (Wildman–Crippen MR) is 133 cm³/mol. The summed E-state index contributed by atoms with van der Waals surface area (Å²) in [6.45, 7) is 9.22. The largest absolute Gasteiger partial charge is 0.454 e. The first-order valence-corrected chi connectivity index (χ1v) is 12.6. The van der Waals surface area contributed by atoms with Gasteiger partial charge in [0.1, 0.15) is 5.01 Å². The van der Waals surface area contributed by atoms with Crippen LogP contribution in [0.5, 0.6) is 11.5 Å². The number of fused-ring (bicyclic) bond motifs is 1. The molecule has 0 fully saturated rings. The first-order chi connectivity index (χ1) is 16.1. The molecule has 8 heteroatoms. The highest BCUT2D eigenvalue weighted by molar-refractivity contribution is 7.98. The molecule has 0 atom stereocenters. The van der Waals surface area contributed by atoms with Crippen LogP contribution in [0.4, 0.5) is 0 Å². The maximum atomic E-state index is 5.49. The molecule has 0 saturated carbocycles. The van der Waals surface area contributed by atoms with Crippen LogP contribution in [0.3, 0.4) is 0 Å². The monoisotopic (exact) mass is 476 g/mol. The first kappa shape index (κ1) is 21.7. The SMILES string of the molecule is C=CCn1c(SCc2csc(-c3ccc4c(c3)OCO4)n2)nnc1-c1ccc(C(C)C)cc1. The molecular formula is C25H24N4O2S2. The molecule has 1 aliphatic heterocycles. The van der Waals surface area contributed by atoms with Gasteiger partial charge < -0.3 is 9.47 Å². The van der Waals surface area contributed by atoms with Gasteiger partial charge in [0, 0.05) is 28.8 Å². The molecule has 3 heterocycles. The molecule has 2 aromatic carbocycles. The summed E-state index contributed by atoms with van der Waals surface area (Å²) in [4.78, 5) is 4.81. The van der Waals surface area contributed by atoms with E-state index < -0.39 is 0 Å². The number of nitrogens with zero attached hydrogens (tertiary/aromatic N) is 4. The van der Waals surface area contributed by atoms with E-state index in [0.29, 0.717) is 18.2 Å². The third-order valence-corrected chi connectivity index (χ3v) is 7.32. The lowest BCUT2D eigenvalue weighted by atomic mass is 10.0. The van der Waals surface area contributed by atoms with Crippen molar-refractivity contribution in [3.8, 4) is 33.5 Å². The molecule has 1 aliphatic rings. The number of hydrogen-bond acceptors (Lipinski definition) is 7. The van der Waals surface area contributed by atoms with Gasteiger partial charge in [-0.25, -0.2) is 4.98 Å². The van der Waals surface area contributed by atoms with E-state index in [9.17, 15) is 0 Å². The summed E-state index contributed by atoms with van der Waals surface area (Å²) in [6, 6.07) is 14.5. The second-order valence-electron chi connectivity index (χ2n) is 7.98. The van der Waals surface area contributed by atoms with E-state index in [0.717, 1.165) is 44.3 Å². The zero-order valence-corrected chi connectivity index (χ0v) is 20.2. The number of benzene rings is 2. The standard InChI is InChI=1S/C25H24N4O2S2/c1-4-11-29-23(18-7-5-17(6-8-18)16(2)3)27-28-25(29)33-14-20-13-32-24(26-20)19-9-10-21-22(12-19)31-15-30-21/h4-10,12-13,16H,1,11,14-15H2,2-3H3. The van der Waals surface area contributed by atoms with Crippen molar-refractivity contribution in [1.82, 2.24) is 19.7 Å². The summed E-state index contributed by atoms with van der Waals surface area (Å²) in [5, 5.41) is 12.8. The zero-order valence-electron chi connectivity index (χ0n) is 18.5. The molecule has 6 nitrogen and oxygen atoms in total. The van der Waals surface area contributed by atoms with Crippen LogP contribution in [0.15, 0.2) is 65.7 Å². The molecule has 168 valence electrons. The molecule has 33 heavy (non-hydrogen) atoms. The van der Waals surface area contributed by atoms with Crippen LogP contribution in [-0.2, 0) is 12.3 Å². The Morgan fingerprint density at radius 2 is 1.88 bits per heavy atom. The van der Waals surface area contributed by atoms with E-state index in [-0.39, 0.29) is 6.79 Å². The average Bonchev–Trinajstić information content (AvgIpc) is 3.57. The summed E-state index contributed by atoms with van der Waals surface area (Å²) >= 11 is 3.26. The van der Waals surface area contributed by atoms with Gasteiger partial charge in [-0.2, -0.15) is 0 Å². The van der Waals surface area contributed by atoms with E-state index in [1.807, 2.05) is 24.3 Å². The highest BCUT2D eigenvalue weighted by Gasteiger charge is 2.17. The van der Waals surface area contributed by atoms with Crippen molar-refractivity contribution in [1.29, 1.82) is 0 Å². The van der Waals surface area contributed by atoms with Crippen molar-refractivity contribution in [2.45, 2.75) is 37.2 Å². The summed E-state index contributed by atoms with van der Waals surface area (Å²) < 4.78 is 13.0. The molecule has 0 bridgehead atoms. The van der Waals surface area contributed by atoms with Crippen LogP contribution >= 0.6 is 23.1 Å². The third kappa shape index (κ3) is 4.54. The summed E-state index contributed by atoms with van der Waals surface area (Å²) in [5.41, 5.74) is 4.40. The van der Waals surface area contributed by atoms with Gasteiger partial charge in [0.05, 0.1) is 5.69 Å². The van der Waals surface area contributed by atoms with Gasteiger partial charge in [-0.15, -0.1) is 28.1 Å². The van der Waals surface area contributed by atoms with E-state index in [4.69, 9.17) is 14.5 Å². The van der Waals surface area contributed by atoms with Gasteiger partial charge in [-0.05, 0) is 29.7 Å². The van der Waals surface area contributed by atoms with Gasteiger partial charge in [0.2, 0.25) is 6.79 Å². The number of thioether (sulfide) groups is 1. The number of ether oxygens (including phenoxy) is 2. The maximum Gasteiger partial charge on any atom is 0.231 e. The van der Waals surface area contributed by atoms with Crippen LogP contribution < -0.4 is 9.47 Å². The van der Waals surface area contributed by atoms with Crippen molar-refractivity contribution in [2.24, 2.45) is 0 Å². The number of aromatic nitrogens is 4. The topological polar surface area (TPSA) is 62.1 Å². The lowest BCUT2D eigenvalue weighted by Gasteiger charge is -2.09. The van der Waals surface area contributed by atoms with Gasteiger partial charge in [0.15, 0.2) is 22.5 Å². The van der Waals surface area contributed by atoms with Gasteiger partial charge in [-0.1, -0.05) is 56.0 Å². The molecule has 0 spiro atoms. The minimum atomic E-state index is 0.272. The van der Waals surface area contributed by atoms with Crippen LogP contribution in [0, 0.1) is 0 Å². The van der Waals surface area contributed by atoms with Gasteiger partial charge >= 0.3 is 0 Å². The molecule has 4 aromatic rings. The minimum absolute atomic E-state index is 0.272. The summed E-state index contributed by atoms with van der Waals surface area (Å²) in [7, 11) is 0. The van der Waals surface area contributed by atoms with E-state index in [1.54, 1.807) is 23.1 Å². The second kappa shape index (κ2) is 9.41. The predicted octanol–water partition coefficient (Wildman–Crippen LogP) is 6.40. The van der Waals surface area contributed by atoms with Crippen molar-refractivity contribution >= 4 is 23.1 Å². The summed E-state index contributed by atoms with van der Waals surface area (Å²) in [5.74, 6) is 3.61. The number of rotatable bonds is 8. The molecule has 0 radical (unpaired) electrons. The quantitative estimate of drug-likeness (QED) is 0.217. The molecule has 0 N–H and O–H groups in total. The summed E-state index contributed by atoms with van der Waals surface area (Å²) in [6.07, 6.45) is 1.87. The smallest absolute Gasteiger partial charge is 0.231 e. The molecule has 0 amide bonds. The van der Waals surface area contributed by atoms with Crippen molar-refractivity contribution in [3.05, 3.63) is 71.8 Å². The van der Waals surface area contributed by atoms with Crippen molar-refractivity contribution in [2.75, 3.05) is 6.79 Å². The Balaban J connectivity index is 1.32. The molecule has 0 saturated heterocycles. The molecule has 0 unspecified atom stereocenters. The highest BCUT2D eigenvalue weighted by atomic mass is 32.2. The fraction of sp³-hybridized carbons (Fsp3) is 0.240. The Morgan fingerprint density at radius 3 is 2.67 bits per heavy atom. The number of thiazole rings is 1. The first-order valence-electron chi connectivity index (χ1n) is 10.7. The Kier molecular flexibility index (Phi) is 6.20. The molecular weight excluding hydrogens is 452 g/mol. The highest BCUT2D eigenvalue weighted by Crippen LogP contribution is 2.37. The Bertz CT molecular complexity index is 1280. The lowest BCUT2D eigenvalue weighted by Crippen LogP contribution is -2.01. The van der Waals surface area contributed by atoms with Gasteiger partial charge in [-0.3, -0.25) is 4.57 Å². The van der Waals surface area contributed by atoms with E-state index in [2.05, 4.69) is 64.8 Å². The fourth-order valence-electron chi connectivity index (χ4n) is 3.59. The number of hydrogen-bond donors (Lipinski definition) is 0. The fourth-order valence-corrected chi connectivity index (χ4v) is 5.36. The molecule has 5 rings (SSSR count). The Labute approximate surface area is 201 Å². The lowest BCUT2D eigenvalue weighted by molar-refractivity contribution is 0.174. The maximum absolute atomic E-state index is 5.49. The average molecular weight is 477 g/mol. The Hall–Kier alpha value is -3.10. The van der Waals surface area contributed by atoms with Crippen LogP contribution in [0.2, 0.25) is 0 Å². The minimum Gasteiger partial charge on any atom is -0.454 e. The van der Waals surface area contributed by atoms with Crippen LogP contribution in [-0.4, -0.2) is 26.5 Å². The molecule has 2 aromatic heterocycles. The van der Waals surface area contributed by atoms with Gasteiger partial charge in [0.25, 0.3) is 0 Å². The second-order valence-corrected chi connectivity index (χ2v) is 9.78. The zero-order chi connectivity index (χ0) is 22.8. The van der Waals surface area contributed by atoms with E-state index >= 15 is 0 Å². The van der Waals surface area contributed by atoms with E-state index in [1.165, 1.54) is 5.56 Å². The van der Waals surface area contributed by atoms with Crippen molar-refractivity contribution < 1.29 is 9.47 Å². The number of allylic oxidation sites excluding steroid dienone is 1. The van der Waals surface area contributed by atoms with Crippen LogP contribution in [0.1, 0.15) is 31.0 Å². The Morgan fingerprint density at radius 1 is 1.09 bits per heavy atom. The van der Waals surface area contributed by atoms with Crippen molar-refractivity contribution in [3.63, 3.8) is 0 Å². The molecule has 0 aliphatic carbocycles.